The highest BCUT2D eigenvalue weighted by Gasteiger charge is 2.15. The molecule has 1 saturated heterocycles. The van der Waals surface area contributed by atoms with Crippen LogP contribution in [-0.2, 0) is 0 Å². The highest BCUT2D eigenvalue weighted by Crippen LogP contribution is 2.24. The van der Waals surface area contributed by atoms with Crippen molar-refractivity contribution in [1.82, 2.24) is 9.97 Å². The number of aromatic nitrogens is 2. The summed E-state index contributed by atoms with van der Waals surface area (Å²) >= 11 is 5.73. The molecule has 0 spiro atoms. The van der Waals surface area contributed by atoms with E-state index < -0.39 is 0 Å². The second kappa shape index (κ2) is 4.00. The smallest absolute Gasteiger partial charge is 0.224 e. The van der Waals surface area contributed by atoms with Crippen LogP contribution in [-0.4, -0.2) is 23.1 Å². The Hall–Kier alpha value is -1.03. The van der Waals surface area contributed by atoms with Gasteiger partial charge in [-0.25, -0.2) is 4.98 Å². The van der Waals surface area contributed by atoms with Gasteiger partial charge in [-0.3, -0.25) is 0 Å². The molecule has 5 heteroatoms. The Bertz CT molecular complexity index is 323. The third-order valence-electron chi connectivity index (χ3n) is 2.42. The van der Waals surface area contributed by atoms with Crippen LogP contribution in [0.3, 0.4) is 0 Å². The molecule has 0 aliphatic carbocycles. The van der Waals surface area contributed by atoms with Crippen LogP contribution < -0.4 is 10.6 Å². The van der Waals surface area contributed by atoms with E-state index in [-0.39, 0.29) is 5.28 Å². The van der Waals surface area contributed by atoms with Crippen LogP contribution in [0.2, 0.25) is 5.28 Å². The first-order chi connectivity index (χ1) is 6.77. The standard InChI is InChI=1S/C9H13ClN4/c10-9-12-6-7(11)8(13-9)14-4-2-1-3-5-14/h6H,1-5,11H2. The number of hydrogen-bond donors (Lipinski definition) is 1. The second-order valence-corrected chi connectivity index (χ2v) is 3.80. The number of nitrogens with two attached hydrogens (primary N) is 1. The third-order valence-corrected chi connectivity index (χ3v) is 2.60. The van der Waals surface area contributed by atoms with E-state index in [1.807, 2.05) is 0 Å². The van der Waals surface area contributed by atoms with E-state index in [1.54, 1.807) is 6.20 Å². The fraction of sp³-hybridized carbons (Fsp3) is 0.556. The molecule has 0 saturated carbocycles. The normalized spacial score (nSPS) is 17.1. The van der Waals surface area contributed by atoms with E-state index >= 15 is 0 Å². The summed E-state index contributed by atoms with van der Waals surface area (Å²) in [6.45, 7) is 2.02. The molecule has 1 aromatic rings. The average molecular weight is 213 g/mol. The van der Waals surface area contributed by atoms with Crippen molar-refractivity contribution < 1.29 is 0 Å². The van der Waals surface area contributed by atoms with E-state index in [1.165, 1.54) is 19.3 Å². The lowest BCUT2D eigenvalue weighted by Crippen LogP contribution is -2.31. The van der Waals surface area contributed by atoms with Crippen LogP contribution >= 0.6 is 11.6 Å². The zero-order valence-electron chi connectivity index (χ0n) is 7.91. The number of nitrogens with zero attached hydrogens (tertiary/aromatic N) is 3. The molecular formula is C9H13ClN4. The summed E-state index contributed by atoms with van der Waals surface area (Å²) < 4.78 is 0. The van der Waals surface area contributed by atoms with Crippen molar-refractivity contribution in [3.8, 4) is 0 Å². The van der Waals surface area contributed by atoms with Gasteiger partial charge in [-0.2, -0.15) is 4.98 Å². The fourth-order valence-electron chi connectivity index (χ4n) is 1.72. The maximum atomic E-state index is 5.79. The molecule has 2 N–H and O–H groups in total. The molecule has 0 amide bonds. The largest absolute Gasteiger partial charge is 0.394 e. The molecule has 4 nitrogen and oxygen atoms in total. The lowest BCUT2D eigenvalue weighted by atomic mass is 10.1. The number of anilines is 2. The van der Waals surface area contributed by atoms with E-state index in [2.05, 4.69) is 14.9 Å². The molecule has 0 unspecified atom stereocenters. The molecule has 14 heavy (non-hydrogen) atoms. The second-order valence-electron chi connectivity index (χ2n) is 3.47. The quantitative estimate of drug-likeness (QED) is 0.720. The molecule has 0 aromatic carbocycles. The van der Waals surface area contributed by atoms with Gasteiger partial charge >= 0.3 is 0 Å². The van der Waals surface area contributed by atoms with Gasteiger partial charge < -0.3 is 10.6 Å². The van der Waals surface area contributed by atoms with E-state index in [0.29, 0.717) is 5.69 Å². The zero-order chi connectivity index (χ0) is 9.97. The summed E-state index contributed by atoms with van der Waals surface area (Å²) in [5, 5.41) is 0.264. The number of nitrogen functional groups attached to an aromatic ring is 1. The summed E-state index contributed by atoms with van der Waals surface area (Å²) in [4.78, 5) is 10.2. The zero-order valence-corrected chi connectivity index (χ0v) is 8.67. The Morgan fingerprint density at radius 1 is 1.29 bits per heavy atom. The van der Waals surface area contributed by atoms with Gasteiger partial charge in [-0.1, -0.05) is 0 Å². The highest BCUT2D eigenvalue weighted by atomic mass is 35.5. The van der Waals surface area contributed by atoms with Crippen molar-refractivity contribution in [2.45, 2.75) is 19.3 Å². The average Bonchev–Trinajstić information content (AvgIpc) is 2.23. The topological polar surface area (TPSA) is 55.0 Å². The van der Waals surface area contributed by atoms with Crippen molar-refractivity contribution in [2.75, 3.05) is 23.7 Å². The summed E-state index contributed by atoms with van der Waals surface area (Å²) in [5.41, 5.74) is 6.40. The van der Waals surface area contributed by atoms with Gasteiger partial charge in [0.2, 0.25) is 5.28 Å². The SMILES string of the molecule is Nc1cnc(Cl)nc1N1CCCCC1. The van der Waals surface area contributed by atoms with Crippen molar-refractivity contribution in [3.63, 3.8) is 0 Å². The van der Waals surface area contributed by atoms with Crippen molar-refractivity contribution in [3.05, 3.63) is 11.5 Å². The first-order valence-corrected chi connectivity index (χ1v) is 5.18. The van der Waals surface area contributed by atoms with Crippen LogP contribution in [0.15, 0.2) is 6.20 Å². The molecule has 1 aliphatic heterocycles. The predicted octanol–water partition coefficient (Wildman–Crippen LogP) is 1.70. The predicted molar refractivity (Wildman–Crippen MR) is 57.5 cm³/mol. The van der Waals surface area contributed by atoms with E-state index in [9.17, 15) is 0 Å². The van der Waals surface area contributed by atoms with Gasteiger partial charge in [0.1, 0.15) is 0 Å². The Kier molecular flexibility index (Phi) is 2.72. The summed E-state index contributed by atoms with van der Waals surface area (Å²) in [5.74, 6) is 0.782. The Morgan fingerprint density at radius 2 is 2.00 bits per heavy atom. The minimum atomic E-state index is 0.264. The minimum absolute atomic E-state index is 0.264. The molecule has 2 rings (SSSR count). The molecular weight excluding hydrogens is 200 g/mol. The maximum absolute atomic E-state index is 5.79. The van der Waals surface area contributed by atoms with Gasteiger partial charge in [0.15, 0.2) is 5.82 Å². The molecule has 76 valence electrons. The summed E-state index contributed by atoms with van der Waals surface area (Å²) in [7, 11) is 0. The van der Waals surface area contributed by atoms with Gasteiger partial charge in [0, 0.05) is 13.1 Å². The minimum Gasteiger partial charge on any atom is -0.394 e. The van der Waals surface area contributed by atoms with Crippen LogP contribution in [0.5, 0.6) is 0 Å². The molecule has 1 aliphatic rings. The van der Waals surface area contributed by atoms with Gasteiger partial charge in [-0.15, -0.1) is 0 Å². The Morgan fingerprint density at radius 3 is 2.71 bits per heavy atom. The van der Waals surface area contributed by atoms with Crippen molar-refractivity contribution in [1.29, 1.82) is 0 Å². The number of rotatable bonds is 1. The Balaban J connectivity index is 2.24. The summed E-state index contributed by atoms with van der Waals surface area (Å²) in [6.07, 6.45) is 5.25. The maximum Gasteiger partial charge on any atom is 0.224 e. The van der Waals surface area contributed by atoms with Crippen molar-refractivity contribution >= 4 is 23.1 Å². The number of hydrogen-bond acceptors (Lipinski definition) is 4. The monoisotopic (exact) mass is 212 g/mol. The van der Waals surface area contributed by atoms with E-state index in [4.69, 9.17) is 17.3 Å². The summed E-state index contributed by atoms with van der Waals surface area (Å²) in [6, 6.07) is 0. The molecule has 0 bridgehead atoms. The van der Waals surface area contributed by atoms with Gasteiger partial charge in [0.25, 0.3) is 0 Å². The number of piperidine rings is 1. The fourth-order valence-corrected chi connectivity index (χ4v) is 1.85. The van der Waals surface area contributed by atoms with Crippen LogP contribution in [0.1, 0.15) is 19.3 Å². The van der Waals surface area contributed by atoms with Gasteiger partial charge in [0.05, 0.1) is 11.9 Å². The van der Waals surface area contributed by atoms with Gasteiger partial charge in [-0.05, 0) is 30.9 Å². The molecule has 1 aromatic heterocycles. The third kappa shape index (κ3) is 1.90. The molecule has 1 fully saturated rings. The first-order valence-electron chi connectivity index (χ1n) is 4.80. The highest BCUT2D eigenvalue weighted by molar-refractivity contribution is 6.28. The van der Waals surface area contributed by atoms with Crippen LogP contribution in [0.25, 0.3) is 0 Å². The number of halogens is 1. The first kappa shape index (κ1) is 9.52. The van der Waals surface area contributed by atoms with Crippen LogP contribution in [0.4, 0.5) is 11.5 Å². The Labute approximate surface area is 88.1 Å². The lowest BCUT2D eigenvalue weighted by Gasteiger charge is -2.28. The van der Waals surface area contributed by atoms with E-state index in [0.717, 1.165) is 18.9 Å². The molecule has 2 heterocycles. The van der Waals surface area contributed by atoms with Crippen molar-refractivity contribution in [2.24, 2.45) is 0 Å². The molecule has 0 radical (unpaired) electrons. The van der Waals surface area contributed by atoms with Crippen LogP contribution in [0, 0.1) is 0 Å². The molecule has 0 atom stereocenters. The lowest BCUT2D eigenvalue weighted by molar-refractivity contribution is 0.573.